The third kappa shape index (κ3) is 4.82. The van der Waals surface area contributed by atoms with E-state index in [0.717, 1.165) is 18.0 Å². The van der Waals surface area contributed by atoms with Gasteiger partial charge in [0.25, 0.3) is 0 Å². The highest BCUT2D eigenvalue weighted by Gasteiger charge is 2.18. The lowest BCUT2D eigenvalue weighted by atomic mass is 10.1. The van der Waals surface area contributed by atoms with E-state index in [1.807, 2.05) is 0 Å². The van der Waals surface area contributed by atoms with E-state index in [0.29, 0.717) is 24.8 Å². The first-order valence-corrected chi connectivity index (χ1v) is 8.49. The molecule has 1 aromatic carbocycles. The molecule has 0 spiro atoms. The first-order chi connectivity index (χ1) is 11.2. The van der Waals surface area contributed by atoms with Crippen LogP contribution in [-0.2, 0) is 16.0 Å². The van der Waals surface area contributed by atoms with E-state index in [1.165, 1.54) is 22.5 Å². The van der Waals surface area contributed by atoms with Crippen molar-refractivity contribution in [3.05, 3.63) is 40.4 Å². The van der Waals surface area contributed by atoms with Gasteiger partial charge in [0.1, 0.15) is 5.01 Å². The Labute approximate surface area is 139 Å². The molecule has 1 aliphatic heterocycles. The van der Waals surface area contributed by atoms with E-state index < -0.39 is 0 Å². The van der Waals surface area contributed by atoms with Crippen molar-refractivity contribution in [3.8, 4) is 0 Å². The van der Waals surface area contributed by atoms with Gasteiger partial charge in [-0.05, 0) is 12.5 Å². The molecule has 3 rings (SSSR count). The van der Waals surface area contributed by atoms with Gasteiger partial charge in [-0.2, -0.15) is 0 Å². The van der Waals surface area contributed by atoms with Gasteiger partial charge in [-0.15, -0.1) is 10.2 Å². The standard InChI is InChI=1S/C16H20N4O2S/c1-11-2-4-12(5-3-11)8-15-19-20-16(23-15)18-14(21)9-13-10-22-7-6-17-13/h2-5,13,17H,6-10H2,1H3,(H,18,20,21). The van der Waals surface area contributed by atoms with E-state index in [9.17, 15) is 4.79 Å². The molecule has 0 aliphatic carbocycles. The number of amides is 1. The molecule has 1 amide bonds. The van der Waals surface area contributed by atoms with Crippen LogP contribution in [-0.4, -0.2) is 41.9 Å². The lowest BCUT2D eigenvalue weighted by Gasteiger charge is -2.22. The summed E-state index contributed by atoms with van der Waals surface area (Å²) in [6.45, 7) is 4.13. The highest BCUT2D eigenvalue weighted by atomic mass is 32.1. The third-order valence-electron chi connectivity index (χ3n) is 3.62. The highest BCUT2D eigenvalue weighted by molar-refractivity contribution is 7.15. The summed E-state index contributed by atoms with van der Waals surface area (Å²) in [7, 11) is 0. The Balaban J connectivity index is 1.52. The van der Waals surface area contributed by atoms with Crippen molar-refractivity contribution in [2.75, 3.05) is 25.1 Å². The molecule has 2 aromatic rings. The Hall–Kier alpha value is -1.83. The topological polar surface area (TPSA) is 76.1 Å². The number of nitrogens with zero attached hydrogens (tertiary/aromatic N) is 2. The fourth-order valence-corrected chi connectivity index (χ4v) is 3.19. The van der Waals surface area contributed by atoms with Crippen molar-refractivity contribution in [3.63, 3.8) is 0 Å². The Morgan fingerprint density at radius 3 is 2.96 bits per heavy atom. The van der Waals surface area contributed by atoms with Gasteiger partial charge >= 0.3 is 0 Å². The molecule has 0 saturated carbocycles. The number of aromatic nitrogens is 2. The molecule has 1 fully saturated rings. The number of carbonyl (C=O) groups excluding carboxylic acids is 1. The van der Waals surface area contributed by atoms with Gasteiger partial charge < -0.3 is 15.4 Å². The maximum absolute atomic E-state index is 12.0. The van der Waals surface area contributed by atoms with E-state index in [1.54, 1.807) is 0 Å². The zero-order chi connectivity index (χ0) is 16.1. The van der Waals surface area contributed by atoms with E-state index in [2.05, 4.69) is 52.0 Å². The first-order valence-electron chi connectivity index (χ1n) is 7.68. The van der Waals surface area contributed by atoms with Crippen molar-refractivity contribution in [1.29, 1.82) is 0 Å². The van der Waals surface area contributed by atoms with Crippen molar-refractivity contribution in [2.45, 2.75) is 25.8 Å². The average Bonchev–Trinajstić information content (AvgIpc) is 2.97. The molecule has 2 N–H and O–H groups in total. The molecule has 2 heterocycles. The van der Waals surface area contributed by atoms with Crippen LogP contribution in [0.15, 0.2) is 24.3 Å². The predicted octanol–water partition coefficient (Wildman–Crippen LogP) is 1.75. The Kier molecular flexibility index (Phi) is 5.32. The van der Waals surface area contributed by atoms with Gasteiger partial charge in [0.2, 0.25) is 11.0 Å². The minimum Gasteiger partial charge on any atom is -0.378 e. The number of aryl methyl sites for hydroxylation is 1. The lowest BCUT2D eigenvalue weighted by Crippen LogP contribution is -2.43. The molecule has 1 aliphatic rings. The van der Waals surface area contributed by atoms with Crippen molar-refractivity contribution in [1.82, 2.24) is 15.5 Å². The fourth-order valence-electron chi connectivity index (χ4n) is 2.40. The average molecular weight is 332 g/mol. The van der Waals surface area contributed by atoms with Crippen molar-refractivity contribution >= 4 is 22.4 Å². The number of hydrogen-bond donors (Lipinski definition) is 2. The Morgan fingerprint density at radius 1 is 1.39 bits per heavy atom. The maximum Gasteiger partial charge on any atom is 0.227 e. The van der Waals surface area contributed by atoms with Gasteiger partial charge in [0.05, 0.1) is 13.2 Å². The minimum atomic E-state index is -0.0639. The van der Waals surface area contributed by atoms with Crippen LogP contribution in [0.5, 0.6) is 0 Å². The van der Waals surface area contributed by atoms with Crippen LogP contribution in [0.3, 0.4) is 0 Å². The second kappa shape index (κ2) is 7.63. The molecular formula is C16H20N4O2S. The summed E-state index contributed by atoms with van der Waals surface area (Å²) in [6.07, 6.45) is 1.11. The zero-order valence-corrected chi connectivity index (χ0v) is 13.9. The van der Waals surface area contributed by atoms with Crippen molar-refractivity contribution < 1.29 is 9.53 Å². The van der Waals surface area contributed by atoms with E-state index in [-0.39, 0.29) is 11.9 Å². The minimum absolute atomic E-state index is 0.0639. The van der Waals surface area contributed by atoms with E-state index in [4.69, 9.17) is 4.74 Å². The van der Waals surface area contributed by atoms with Crippen LogP contribution in [0.1, 0.15) is 22.6 Å². The molecule has 6 nitrogen and oxygen atoms in total. The normalized spacial score (nSPS) is 17.9. The first kappa shape index (κ1) is 16.0. The van der Waals surface area contributed by atoms with Crippen molar-refractivity contribution in [2.24, 2.45) is 0 Å². The number of rotatable bonds is 5. The fraction of sp³-hybridized carbons (Fsp3) is 0.438. The molecule has 0 radical (unpaired) electrons. The quantitative estimate of drug-likeness (QED) is 0.872. The number of hydrogen-bond acceptors (Lipinski definition) is 6. The van der Waals surface area contributed by atoms with E-state index >= 15 is 0 Å². The smallest absolute Gasteiger partial charge is 0.227 e. The zero-order valence-electron chi connectivity index (χ0n) is 13.0. The molecule has 1 saturated heterocycles. The van der Waals surface area contributed by atoms with Gasteiger partial charge in [0, 0.05) is 25.4 Å². The van der Waals surface area contributed by atoms with Crippen LogP contribution in [0.4, 0.5) is 5.13 Å². The number of anilines is 1. The summed E-state index contributed by atoms with van der Waals surface area (Å²) in [6, 6.07) is 8.41. The molecule has 122 valence electrons. The largest absolute Gasteiger partial charge is 0.378 e. The predicted molar refractivity (Wildman–Crippen MR) is 89.8 cm³/mol. The van der Waals surface area contributed by atoms with Crippen LogP contribution in [0.2, 0.25) is 0 Å². The summed E-state index contributed by atoms with van der Waals surface area (Å²) in [5.74, 6) is -0.0639. The van der Waals surface area contributed by atoms with Gasteiger partial charge in [-0.25, -0.2) is 0 Å². The molecule has 0 bridgehead atoms. The second-order valence-corrected chi connectivity index (χ2v) is 6.70. The Bertz CT molecular complexity index is 650. The maximum atomic E-state index is 12.0. The monoisotopic (exact) mass is 332 g/mol. The summed E-state index contributed by atoms with van der Waals surface area (Å²) in [5, 5.41) is 15.7. The molecule has 23 heavy (non-hydrogen) atoms. The van der Waals surface area contributed by atoms with Crippen LogP contribution >= 0.6 is 11.3 Å². The van der Waals surface area contributed by atoms with Gasteiger partial charge in [-0.3, -0.25) is 4.79 Å². The van der Waals surface area contributed by atoms with Gasteiger partial charge in [0.15, 0.2) is 0 Å². The Morgan fingerprint density at radius 2 is 2.22 bits per heavy atom. The number of benzene rings is 1. The van der Waals surface area contributed by atoms with Crippen LogP contribution < -0.4 is 10.6 Å². The molecule has 7 heteroatoms. The number of nitrogens with one attached hydrogen (secondary N) is 2. The summed E-state index contributed by atoms with van der Waals surface area (Å²) in [4.78, 5) is 12.0. The highest BCUT2D eigenvalue weighted by Crippen LogP contribution is 2.19. The number of carbonyl (C=O) groups is 1. The summed E-state index contributed by atoms with van der Waals surface area (Å²) < 4.78 is 5.34. The van der Waals surface area contributed by atoms with Crippen LogP contribution in [0.25, 0.3) is 0 Å². The number of morpholine rings is 1. The summed E-state index contributed by atoms with van der Waals surface area (Å²) in [5.41, 5.74) is 2.42. The molecule has 1 unspecified atom stereocenters. The molecule has 1 aromatic heterocycles. The molecule has 1 atom stereocenters. The summed E-state index contributed by atoms with van der Waals surface area (Å²) >= 11 is 1.42. The number of ether oxygens (including phenoxy) is 1. The third-order valence-corrected chi connectivity index (χ3v) is 4.46. The van der Waals surface area contributed by atoms with Crippen LogP contribution in [0, 0.1) is 6.92 Å². The SMILES string of the molecule is Cc1ccc(Cc2nnc(NC(=O)CC3COCCN3)s2)cc1. The molecular weight excluding hydrogens is 312 g/mol. The van der Waals surface area contributed by atoms with Gasteiger partial charge in [-0.1, -0.05) is 41.2 Å². The lowest BCUT2D eigenvalue weighted by molar-refractivity contribution is -0.117. The second-order valence-electron chi connectivity index (χ2n) is 5.64.